The monoisotopic (exact) mass is 590 g/mol. The molecule has 1 heterocycles. The lowest BCUT2D eigenvalue weighted by atomic mass is 10.0. The Labute approximate surface area is 251 Å². The molecule has 0 aliphatic carbocycles. The number of anilines is 1. The highest BCUT2D eigenvalue weighted by atomic mass is 35.5. The molecule has 0 saturated carbocycles. The van der Waals surface area contributed by atoms with Crippen LogP contribution in [0.5, 0.6) is 0 Å². The van der Waals surface area contributed by atoms with E-state index in [4.69, 9.17) is 21.5 Å². The van der Waals surface area contributed by atoms with E-state index >= 15 is 0 Å². The highest BCUT2D eigenvalue weighted by Gasteiger charge is 2.08. The number of benzene rings is 2. The van der Waals surface area contributed by atoms with Crippen molar-refractivity contribution in [3.63, 3.8) is 0 Å². The number of hydroxylamine groups is 1. The van der Waals surface area contributed by atoms with Gasteiger partial charge in [-0.05, 0) is 59.5 Å². The maximum Gasteiger partial charge on any atom is 0.267 e. The molecule has 0 saturated heterocycles. The molecule has 0 unspecified atom stereocenters. The summed E-state index contributed by atoms with van der Waals surface area (Å²) in [5.74, 6) is 0.219. The molecule has 3 aromatic rings. The molecule has 0 aliphatic heterocycles. The van der Waals surface area contributed by atoms with Crippen LogP contribution < -0.4 is 10.8 Å². The number of allylic oxidation sites excluding steroid dienone is 8. The lowest BCUT2D eigenvalue weighted by molar-refractivity contribution is -0.124. The Morgan fingerprint density at radius 3 is 2.64 bits per heavy atom. The minimum atomic E-state index is -0.614. The van der Waals surface area contributed by atoms with Crippen molar-refractivity contribution < 1.29 is 19.1 Å². The summed E-state index contributed by atoms with van der Waals surface area (Å²) < 4.78 is 19.3. The van der Waals surface area contributed by atoms with Gasteiger partial charge in [0.2, 0.25) is 0 Å². The van der Waals surface area contributed by atoms with E-state index in [0.717, 1.165) is 28.5 Å². The van der Waals surface area contributed by atoms with Crippen molar-refractivity contribution >= 4 is 39.8 Å². The standard InChI is InChI=1S/C31H30ClFN4O3.C2H6/c1-3-9-29(40-20-22-10-8-12-25(33)18-22)27(32)16-17-34-31-26-19-24(14-15-28(26)35-21-36-31)23(4-2)11-6-5-7-13-30(38)37-39;1-2/h4-16,18-19,21,39H,2-3,17,20H2,1H3,(H,37,38)(H,34,35,36);1-2H3/b6-5+,13-7+,23-11+,27-16+,29-9+;. The summed E-state index contributed by atoms with van der Waals surface area (Å²) in [4.78, 5) is 19.8. The van der Waals surface area contributed by atoms with Gasteiger partial charge in [-0.25, -0.2) is 19.8 Å². The molecular formula is C33H36ClFN4O3. The van der Waals surface area contributed by atoms with Gasteiger partial charge < -0.3 is 10.1 Å². The second-order valence-electron chi connectivity index (χ2n) is 8.33. The van der Waals surface area contributed by atoms with Crippen LogP contribution in [0.15, 0.2) is 115 Å². The fourth-order valence-electron chi connectivity index (χ4n) is 3.60. The number of aromatic nitrogens is 2. The van der Waals surface area contributed by atoms with E-state index in [-0.39, 0.29) is 12.4 Å². The maximum absolute atomic E-state index is 13.5. The Kier molecular flexibility index (Phi) is 15.0. The normalized spacial score (nSPS) is 12.3. The molecule has 0 spiro atoms. The van der Waals surface area contributed by atoms with Crippen molar-refractivity contribution in [1.29, 1.82) is 0 Å². The molecule has 0 bridgehead atoms. The number of amides is 1. The predicted molar refractivity (Wildman–Crippen MR) is 169 cm³/mol. The minimum absolute atomic E-state index is 0.197. The topological polar surface area (TPSA) is 96.4 Å². The quantitative estimate of drug-likeness (QED) is 0.0613. The SMILES string of the molecule is C=C\C(=C/C=C/C=C/C(=O)NO)c1ccc2ncnc(NC/C=C(Cl)\C(=C/CC)OCc3cccc(F)c3)c2c1.CC. The molecule has 3 rings (SSSR count). The highest BCUT2D eigenvalue weighted by molar-refractivity contribution is 6.31. The molecule has 7 nitrogen and oxygen atoms in total. The second kappa shape index (κ2) is 18.7. The highest BCUT2D eigenvalue weighted by Crippen LogP contribution is 2.25. The summed E-state index contributed by atoms with van der Waals surface area (Å²) >= 11 is 6.55. The van der Waals surface area contributed by atoms with Gasteiger partial charge >= 0.3 is 0 Å². The van der Waals surface area contributed by atoms with Crippen LogP contribution in [0.25, 0.3) is 16.5 Å². The number of hydrogen-bond acceptors (Lipinski definition) is 6. The first kappa shape index (κ1) is 33.7. The molecule has 0 radical (unpaired) electrons. The number of carbonyl (C=O) groups excluding carboxylic acids is 1. The summed E-state index contributed by atoms with van der Waals surface area (Å²) in [6.07, 6.45) is 15.6. The summed E-state index contributed by atoms with van der Waals surface area (Å²) in [5, 5.41) is 13.1. The van der Waals surface area contributed by atoms with Crippen molar-refractivity contribution in [2.75, 3.05) is 11.9 Å². The van der Waals surface area contributed by atoms with Crippen LogP contribution in [0.3, 0.4) is 0 Å². The Bertz CT molecular complexity index is 1500. The van der Waals surface area contributed by atoms with Gasteiger partial charge in [0.15, 0.2) is 0 Å². The van der Waals surface area contributed by atoms with Crippen LogP contribution in [0.2, 0.25) is 0 Å². The van der Waals surface area contributed by atoms with Crippen molar-refractivity contribution in [3.8, 4) is 0 Å². The van der Waals surface area contributed by atoms with E-state index in [1.54, 1.807) is 36.4 Å². The van der Waals surface area contributed by atoms with Gasteiger partial charge in [0.05, 0.1) is 10.5 Å². The summed E-state index contributed by atoms with van der Waals surface area (Å²) in [5.41, 5.74) is 4.75. The molecule has 2 aromatic carbocycles. The Morgan fingerprint density at radius 2 is 1.93 bits per heavy atom. The number of nitrogens with one attached hydrogen (secondary N) is 2. The van der Waals surface area contributed by atoms with Crippen molar-refractivity contribution in [2.24, 2.45) is 0 Å². The lowest BCUT2D eigenvalue weighted by Gasteiger charge is -2.11. The number of hydrogen-bond donors (Lipinski definition) is 3. The van der Waals surface area contributed by atoms with E-state index in [9.17, 15) is 9.18 Å². The smallest absolute Gasteiger partial charge is 0.267 e. The third kappa shape index (κ3) is 10.8. The third-order valence-electron chi connectivity index (χ3n) is 5.50. The fraction of sp³-hybridized carbons (Fsp3) is 0.182. The Balaban J connectivity index is 0.00000301. The van der Waals surface area contributed by atoms with Crippen LogP contribution in [0.1, 0.15) is 38.3 Å². The number of carbonyl (C=O) groups is 1. The van der Waals surface area contributed by atoms with E-state index in [1.165, 1.54) is 36.1 Å². The van der Waals surface area contributed by atoms with Gasteiger partial charge in [-0.3, -0.25) is 10.0 Å². The van der Waals surface area contributed by atoms with Crippen molar-refractivity contribution in [1.82, 2.24) is 15.4 Å². The lowest BCUT2D eigenvalue weighted by Crippen LogP contribution is -2.14. The summed E-state index contributed by atoms with van der Waals surface area (Å²) in [6, 6.07) is 12.0. The molecule has 220 valence electrons. The summed E-state index contributed by atoms with van der Waals surface area (Å²) in [6.45, 7) is 10.4. The van der Waals surface area contributed by atoms with Crippen molar-refractivity contribution in [3.05, 3.63) is 132 Å². The molecule has 1 amide bonds. The van der Waals surface area contributed by atoms with Crippen molar-refractivity contribution in [2.45, 2.75) is 33.8 Å². The number of halogens is 2. The average molecular weight is 591 g/mol. The third-order valence-corrected chi connectivity index (χ3v) is 5.84. The first-order chi connectivity index (χ1) is 20.4. The Hall–Kier alpha value is -4.53. The zero-order valence-electron chi connectivity index (χ0n) is 24.0. The first-order valence-corrected chi connectivity index (χ1v) is 13.9. The average Bonchev–Trinajstić information content (AvgIpc) is 3.01. The Morgan fingerprint density at radius 1 is 1.12 bits per heavy atom. The molecule has 0 fully saturated rings. The molecule has 3 N–H and O–H groups in total. The molecule has 0 atom stereocenters. The fourth-order valence-corrected chi connectivity index (χ4v) is 3.81. The van der Waals surface area contributed by atoms with Gasteiger partial charge in [0, 0.05) is 18.0 Å². The van der Waals surface area contributed by atoms with Crippen LogP contribution in [0.4, 0.5) is 10.2 Å². The second-order valence-corrected chi connectivity index (χ2v) is 8.74. The first-order valence-electron chi connectivity index (χ1n) is 13.5. The minimum Gasteiger partial charge on any atom is -0.488 e. The van der Waals surface area contributed by atoms with Gasteiger partial charge in [-0.2, -0.15) is 0 Å². The van der Waals surface area contributed by atoms with Gasteiger partial charge in [-0.1, -0.05) is 87.5 Å². The molecule has 42 heavy (non-hydrogen) atoms. The number of ether oxygens (including phenoxy) is 1. The van der Waals surface area contributed by atoms with Crippen LogP contribution in [-0.4, -0.2) is 27.6 Å². The van der Waals surface area contributed by atoms with E-state index in [1.807, 2.05) is 51.1 Å². The zero-order valence-corrected chi connectivity index (χ0v) is 24.7. The largest absolute Gasteiger partial charge is 0.488 e. The van der Waals surface area contributed by atoms with Gasteiger partial charge in [-0.15, -0.1) is 0 Å². The molecular weight excluding hydrogens is 555 g/mol. The number of fused-ring (bicyclic) bond motifs is 1. The zero-order chi connectivity index (χ0) is 30.7. The molecule has 1 aromatic heterocycles. The maximum atomic E-state index is 13.5. The molecule has 9 heteroatoms. The van der Waals surface area contributed by atoms with Crippen LogP contribution >= 0.6 is 11.6 Å². The molecule has 0 aliphatic rings. The van der Waals surface area contributed by atoms with Gasteiger partial charge in [0.1, 0.15) is 30.3 Å². The van der Waals surface area contributed by atoms with Crippen LogP contribution in [-0.2, 0) is 16.1 Å². The van der Waals surface area contributed by atoms with Crippen LogP contribution in [0, 0.1) is 5.82 Å². The van der Waals surface area contributed by atoms with Gasteiger partial charge in [0.25, 0.3) is 5.91 Å². The van der Waals surface area contributed by atoms with E-state index < -0.39 is 5.91 Å². The van der Waals surface area contributed by atoms with E-state index in [0.29, 0.717) is 28.7 Å². The number of rotatable bonds is 13. The summed E-state index contributed by atoms with van der Waals surface area (Å²) in [7, 11) is 0. The van der Waals surface area contributed by atoms with E-state index in [2.05, 4.69) is 21.9 Å². The predicted octanol–water partition coefficient (Wildman–Crippen LogP) is 8.03. The number of nitrogens with zero attached hydrogens (tertiary/aromatic N) is 2.